The van der Waals surface area contributed by atoms with Crippen molar-refractivity contribution in [3.05, 3.63) is 35.9 Å². The molecular formula is C100H178N8O15S2. The third-order valence-corrected chi connectivity index (χ3v) is 25.4. The molecule has 0 aliphatic heterocycles. The highest BCUT2D eigenvalue weighted by atomic mass is 32.2. The number of aliphatic hydroxyl groups is 1. The van der Waals surface area contributed by atoms with Crippen molar-refractivity contribution in [2.45, 2.75) is 413 Å². The first kappa shape index (κ1) is 117. The summed E-state index contributed by atoms with van der Waals surface area (Å²) in [7, 11) is 0. The predicted octanol–water partition coefficient (Wildman–Crippen LogP) is 17.8. The van der Waals surface area contributed by atoms with Crippen LogP contribution in [0.4, 0.5) is 0 Å². The molecule has 0 saturated carbocycles. The summed E-state index contributed by atoms with van der Waals surface area (Å²) < 4.78 is 11.9. The minimum absolute atomic E-state index is 0.000946. The Morgan fingerprint density at radius 1 is 0.400 bits per heavy atom. The monoisotopic (exact) mass is 1800 g/mol. The van der Waals surface area contributed by atoms with Gasteiger partial charge in [-0.2, -0.15) is 23.5 Å². The molecule has 720 valence electrons. The maximum Gasteiger partial charge on any atom is 0.306 e. The first-order valence-electron chi connectivity index (χ1n) is 49.4. The number of aldehydes is 1. The molecule has 125 heavy (non-hydrogen) atoms. The number of benzene rings is 1. The number of ether oxygens (including phenoxy) is 2. The van der Waals surface area contributed by atoms with Gasteiger partial charge in [-0.3, -0.25) is 52.7 Å². The van der Waals surface area contributed by atoms with E-state index in [0.29, 0.717) is 102 Å². The van der Waals surface area contributed by atoms with E-state index in [1.54, 1.807) is 11.8 Å². The SMILES string of the molecule is CSCC[C@H](CC=O)C(=O)N[C@@H](CC(C)C)C(=O)C[C@@H](Cc1ccccc1)C(=O)NCCCC(=O)[C@H](CCCCN)NC(=O)[C@H](CCCCN)CC(=O)[C@H](CCCCN)NC(=O)[C@H](CO)CC(=O)[C@H](CSCC(COC(=O)CCCCCCCCCCCC(C)C)OC(=O)CCCCCCCCCCCC(C)C)NC(=O)CCCCCCCCCCCC(C)C. The first-order valence-corrected chi connectivity index (χ1v) is 52.0. The van der Waals surface area contributed by atoms with Gasteiger partial charge in [0.1, 0.15) is 19.0 Å². The maximum absolute atomic E-state index is 14.8. The zero-order valence-electron chi connectivity index (χ0n) is 79.6. The second-order valence-electron chi connectivity index (χ2n) is 37.2. The van der Waals surface area contributed by atoms with Crippen LogP contribution in [0.25, 0.3) is 0 Å². The molecule has 9 atom stereocenters. The molecule has 0 radical (unpaired) electrons. The number of aliphatic hydroxyl groups excluding tert-OH is 1. The van der Waals surface area contributed by atoms with Crippen LogP contribution in [-0.2, 0) is 73.4 Å². The highest BCUT2D eigenvalue weighted by Crippen LogP contribution is 2.25. The van der Waals surface area contributed by atoms with Crippen LogP contribution in [0.1, 0.15) is 382 Å². The van der Waals surface area contributed by atoms with Crippen molar-refractivity contribution in [3.8, 4) is 0 Å². The Bertz CT molecular complexity index is 3020. The van der Waals surface area contributed by atoms with Crippen LogP contribution >= 0.6 is 23.5 Å². The summed E-state index contributed by atoms with van der Waals surface area (Å²) in [5, 5.41) is 25.6. The van der Waals surface area contributed by atoms with Crippen LogP contribution in [0.5, 0.6) is 0 Å². The van der Waals surface area contributed by atoms with Crippen molar-refractivity contribution < 1.29 is 72.1 Å². The standard InChI is InChI=1S/C100H178N8O15S2/c1-76(2)47-32-25-19-13-10-16-22-28-37-56-94(115)105-89(75-125-74-85(123-96(117)58-39-30-24-18-12-15-21-27-34-49-78(5)6)73-122-95(116)57-38-29-23-17-11-14-20-26-33-48-77(3)4)93(114)71-84(72-110)100(121)107-87(54-42-45-63-103)91(112)69-82(52-40-43-61-101)99(120)106-86(53-41-44-62-102)90(111)55-46-64-104-97(118)83(68-80-50-35-31-36-51-80)70-92(113)88(67-79(7)8)108-98(119)81(59-65-109)60-66-124-9/h31,35-36,50-51,65,76-79,81-89,110H,10-30,32-34,37-49,52-64,66-75,101-103H2,1-9H3,(H,104,118)(H,105,115)(H,106,120)(H,107,121)(H,108,119)/t81-,82+,83+,84-,85?,86-,87-,88-,89-/m0/s1. The number of unbranched alkanes of at least 4 members (excludes halogenated alkanes) is 27. The third-order valence-electron chi connectivity index (χ3n) is 23.6. The van der Waals surface area contributed by atoms with Crippen molar-refractivity contribution in [3.63, 3.8) is 0 Å². The molecule has 0 heterocycles. The molecule has 12 N–H and O–H groups in total. The molecule has 0 saturated heterocycles. The number of amides is 5. The number of nitrogens with two attached hydrogens (primary N) is 3. The quantitative estimate of drug-likeness (QED) is 0.0166. The fourth-order valence-electron chi connectivity index (χ4n) is 15.8. The zero-order valence-corrected chi connectivity index (χ0v) is 81.2. The molecule has 0 spiro atoms. The van der Waals surface area contributed by atoms with Gasteiger partial charge in [0.05, 0.1) is 36.7 Å². The lowest BCUT2D eigenvalue weighted by Gasteiger charge is -2.26. The number of carbonyl (C=O) groups is 12. The van der Waals surface area contributed by atoms with Crippen LogP contribution in [0.2, 0.25) is 0 Å². The number of ketones is 4. The van der Waals surface area contributed by atoms with E-state index in [-0.39, 0.29) is 144 Å². The molecule has 0 bridgehead atoms. The van der Waals surface area contributed by atoms with Crippen LogP contribution in [0, 0.1) is 47.3 Å². The molecule has 1 aromatic rings. The highest BCUT2D eigenvalue weighted by molar-refractivity contribution is 7.99. The summed E-state index contributed by atoms with van der Waals surface area (Å²) in [6.07, 6.45) is 39.0. The van der Waals surface area contributed by atoms with Gasteiger partial charge in [0.2, 0.25) is 29.5 Å². The van der Waals surface area contributed by atoms with Gasteiger partial charge in [-0.15, -0.1) is 0 Å². The van der Waals surface area contributed by atoms with Gasteiger partial charge in [0, 0.05) is 87.2 Å². The van der Waals surface area contributed by atoms with Crippen molar-refractivity contribution in [1.82, 2.24) is 26.6 Å². The van der Waals surface area contributed by atoms with Gasteiger partial charge in [0.25, 0.3) is 0 Å². The molecule has 1 unspecified atom stereocenters. The lowest BCUT2D eigenvalue weighted by molar-refractivity contribution is -0.157. The second-order valence-corrected chi connectivity index (χ2v) is 39.2. The lowest BCUT2D eigenvalue weighted by atomic mass is 9.88. The van der Waals surface area contributed by atoms with E-state index in [4.69, 9.17) is 26.7 Å². The minimum atomic E-state index is -1.36. The molecule has 5 amide bonds. The van der Waals surface area contributed by atoms with Crippen molar-refractivity contribution in [2.24, 2.45) is 64.5 Å². The summed E-state index contributed by atoms with van der Waals surface area (Å²) in [6.45, 7) is 17.5. The molecule has 0 aliphatic rings. The molecule has 0 fully saturated rings. The number of hydrogen-bond acceptors (Lipinski definition) is 20. The van der Waals surface area contributed by atoms with Crippen LogP contribution in [0.15, 0.2) is 30.3 Å². The topological polar surface area (TPSA) is 382 Å². The molecule has 0 aliphatic carbocycles. The number of thioether (sulfide) groups is 2. The number of rotatable bonds is 87. The van der Waals surface area contributed by atoms with E-state index in [2.05, 4.69) is 68.1 Å². The first-order chi connectivity index (χ1) is 60.2. The molecule has 23 nitrogen and oxygen atoms in total. The van der Waals surface area contributed by atoms with Crippen molar-refractivity contribution in [2.75, 3.05) is 62.9 Å². The average molecular weight is 1800 g/mol. The summed E-state index contributed by atoms with van der Waals surface area (Å²) in [6, 6.07) is 5.10. The minimum Gasteiger partial charge on any atom is -0.462 e. The lowest BCUT2D eigenvalue weighted by Crippen LogP contribution is -2.48. The smallest absolute Gasteiger partial charge is 0.306 e. The van der Waals surface area contributed by atoms with Crippen molar-refractivity contribution >= 4 is 94.4 Å². The number of Topliss-reactive ketones (excluding diaryl/α,β-unsaturated/α-hetero) is 4. The number of hydrogen-bond donors (Lipinski definition) is 9. The number of carbonyl (C=O) groups excluding carboxylic acids is 12. The Morgan fingerprint density at radius 2 is 0.816 bits per heavy atom. The normalized spacial score (nSPS) is 13.8. The Balaban J connectivity index is 3.52. The van der Waals surface area contributed by atoms with E-state index in [0.717, 1.165) is 88.0 Å². The van der Waals surface area contributed by atoms with E-state index in [1.807, 2.05) is 50.4 Å². The van der Waals surface area contributed by atoms with Gasteiger partial charge in [-0.05, 0) is 157 Å². The second kappa shape index (κ2) is 78.3. The Kier molecular flexibility index (Phi) is 73.5. The number of esters is 2. The van der Waals surface area contributed by atoms with Gasteiger partial charge in [0.15, 0.2) is 23.1 Å². The zero-order chi connectivity index (χ0) is 92.5. The van der Waals surface area contributed by atoms with Crippen LogP contribution < -0.4 is 43.8 Å². The molecule has 1 rings (SSSR count). The van der Waals surface area contributed by atoms with E-state index < -0.39 is 102 Å². The fourth-order valence-corrected chi connectivity index (χ4v) is 17.4. The maximum atomic E-state index is 14.8. The van der Waals surface area contributed by atoms with Gasteiger partial charge in [-0.1, -0.05) is 266 Å². The molecule has 0 aromatic heterocycles. The molecule has 25 heteroatoms. The van der Waals surface area contributed by atoms with Gasteiger partial charge < -0.3 is 63.2 Å². The van der Waals surface area contributed by atoms with Crippen LogP contribution in [-0.4, -0.2) is 169 Å². The Morgan fingerprint density at radius 3 is 1.30 bits per heavy atom. The van der Waals surface area contributed by atoms with Crippen LogP contribution in [0.3, 0.4) is 0 Å². The summed E-state index contributed by atoms with van der Waals surface area (Å²) in [4.78, 5) is 168. The summed E-state index contributed by atoms with van der Waals surface area (Å²) >= 11 is 2.80. The Hall–Kier alpha value is -5.60. The van der Waals surface area contributed by atoms with E-state index in [9.17, 15) is 62.6 Å². The van der Waals surface area contributed by atoms with Crippen molar-refractivity contribution in [1.29, 1.82) is 0 Å². The molecular weight excluding hydrogens is 1620 g/mol. The average Bonchev–Trinajstić information content (AvgIpc) is 0.866. The predicted molar refractivity (Wildman–Crippen MR) is 512 cm³/mol. The largest absolute Gasteiger partial charge is 0.462 e. The fraction of sp³-hybridized carbons (Fsp3) is 0.820. The summed E-state index contributed by atoms with van der Waals surface area (Å²) in [5.74, 6) is -5.67. The Labute approximate surface area is 765 Å². The van der Waals surface area contributed by atoms with E-state index in [1.165, 1.54) is 114 Å². The van der Waals surface area contributed by atoms with E-state index >= 15 is 0 Å². The summed E-state index contributed by atoms with van der Waals surface area (Å²) in [5.41, 5.74) is 18.7. The van der Waals surface area contributed by atoms with Gasteiger partial charge >= 0.3 is 11.9 Å². The molecule has 1 aromatic carbocycles. The van der Waals surface area contributed by atoms with Gasteiger partial charge in [-0.25, -0.2) is 0 Å². The number of nitrogens with one attached hydrogen (secondary N) is 5. The highest BCUT2D eigenvalue weighted by Gasteiger charge is 2.35. The third kappa shape index (κ3) is 63.9.